The van der Waals surface area contributed by atoms with Crippen molar-refractivity contribution in [2.75, 3.05) is 31.6 Å². The van der Waals surface area contributed by atoms with Crippen molar-refractivity contribution in [3.05, 3.63) is 28.3 Å². The van der Waals surface area contributed by atoms with Gasteiger partial charge in [-0.25, -0.2) is 0 Å². The quantitative estimate of drug-likeness (QED) is 0.235. The van der Waals surface area contributed by atoms with Gasteiger partial charge in [0.05, 0.1) is 4.92 Å². The number of aliphatic hydroxyl groups excluding tert-OH is 1. The summed E-state index contributed by atoms with van der Waals surface area (Å²) in [6.45, 7) is 6.24. The number of carbonyl (C=O) groups is 2. The van der Waals surface area contributed by atoms with E-state index in [9.17, 15) is 24.8 Å². The molecule has 2 amide bonds. The highest BCUT2D eigenvalue weighted by atomic mass is 16.6. The number of nitro groups is 1. The first kappa shape index (κ1) is 23.3. The number of anilines is 1. The van der Waals surface area contributed by atoms with Crippen molar-refractivity contribution >= 4 is 23.2 Å². The summed E-state index contributed by atoms with van der Waals surface area (Å²) < 4.78 is 5.36. The third-order valence-electron chi connectivity index (χ3n) is 3.70. The molecule has 0 bridgehead atoms. The lowest BCUT2D eigenvalue weighted by atomic mass is 10.2. The van der Waals surface area contributed by atoms with Crippen molar-refractivity contribution in [3.8, 4) is 5.75 Å². The summed E-state index contributed by atoms with van der Waals surface area (Å²) in [5.74, 6) is -0.384. The van der Waals surface area contributed by atoms with Gasteiger partial charge in [0.15, 0.2) is 5.75 Å². The molecule has 1 aromatic carbocycles. The summed E-state index contributed by atoms with van der Waals surface area (Å²) in [6.07, 6.45) is -0.633. The van der Waals surface area contributed by atoms with Gasteiger partial charge in [-0.2, -0.15) is 0 Å². The van der Waals surface area contributed by atoms with E-state index in [0.29, 0.717) is 18.8 Å². The molecule has 0 aliphatic rings. The average molecular weight is 396 g/mol. The van der Waals surface area contributed by atoms with Crippen LogP contribution in [0.4, 0.5) is 11.4 Å². The van der Waals surface area contributed by atoms with E-state index in [0.717, 1.165) is 0 Å². The van der Waals surface area contributed by atoms with Crippen molar-refractivity contribution in [2.45, 2.75) is 33.3 Å². The SMILES string of the molecule is CCC(=O)Nc1ccc(OCC(O)CNCCNC(=O)C(C)C)c([N+](=O)[O-])c1. The second-order valence-corrected chi connectivity index (χ2v) is 6.46. The Hall–Kier alpha value is -2.72. The maximum atomic E-state index is 11.4. The molecule has 4 N–H and O–H groups in total. The second-order valence-electron chi connectivity index (χ2n) is 6.46. The Morgan fingerprint density at radius 3 is 2.61 bits per heavy atom. The number of carbonyl (C=O) groups excluding carboxylic acids is 2. The number of benzene rings is 1. The highest BCUT2D eigenvalue weighted by molar-refractivity contribution is 5.91. The van der Waals surface area contributed by atoms with E-state index < -0.39 is 11.0 Å². The molecule has 0 radical (unpaired) electrons. The lowest BCUT2D eigenvalue weighted by Crippen LogP contribution is -2.38. The van der Waals surface area contributed by atoms with Crippen molar-refractivity contribution in [1.82, 2.24) is 10.6 Å². The molecule has 1 rings (SSSR count). The molecule has 10 heteroatoms. The first-order valence-electron chi connectivity index (χ1n) is 9.12. The number of ether oxygens (including phenoxy) is 1. The van der Waals surface area contributed by atoms with Gasteiger partial charge >= 0.3 is 5.69 Å². The first-order valence-corrected chi connectivity index (χ1v) is 9.12. The number of aliphatic hydroxyl groups is 1. The molecule has 156 valence electrons. The van der Waals surface area contributed by atoms with Gasteiger partial charge in [-0.3, -0.25) is 19.7 Å². The molecule has 0 aliphatic carbocycles. The van der Waals surface area contributed by atoms with E-state index in [2.05, 4.69) is 16.0 Å². The van der Waals surface area contributed by atoms with Crippen LogP contribution < -0.4 is 20.7 Å². The van der Waals surface area contributed by atoms with Gasteiger partial charge in [-0.1, -0.05) is 20.8 Å². The summed E-state index contributed by atoms with van der Waals surface area (Å²) >= 11 is 0. The van der Waals surface area contributed by atoms with Crippen LogP contribution >= 0.6 is 0 Å². The van der Waals surface area contributed by atoms with Crippen LogP contribution in [-0.4, -0.2) is 54.2 Å². The Labute approximate surface area is 163 Å². The van der Waals surface area contributed by atoms with Gasteiger partial charge < -0.3 is 25.8 Å². The molecule has 1 atom stereocenters. The Morgan fingerprint density at radius 2 is 2.00 bits per heavy atom. The number of nitro benzene ring substituents is 1. The predicted octanol–water partition coefficient (Wildman–Crippen LogP) is 1.04. The Morgan fingerprint density at radius 1 is 1.29 bits per heavy atom. The zero-order chi connectivity index (χ0) is 21.1. The van der Waals surface area contributed by atoms with E-state index in [-0.39, 0.29) is 48.7 Å². The second kappa shape index (κ2) is 11.9. The summed E-state index contributed by atoms with van der Waals surface area (Å²) in [6, 6.07) is 4.09. The fourth-order valence-electron chi connectivity index (χ4n) is 2.10. The van der Waals surface area contributed by atoms with Crippen LogP contribution in [0.25, 0.3) is 0 Å². The number of hydrogen-bond donors (Lipinski definition) is 4. The molecule has 0 fully saturated rings. The van der Waals surface area contributed by atoms with Crippen molar-refractivity contribution in [2.24, 2.45) is 5.92 Å². The van der Waals surface area contributed by atoms with Gasteiger partial charge in [0, 0.05) is 43.7 Å². The van der Waals surface area contributed by atoms with Gasteiger partial charge in [-0.15, -0.1) is 0 Å². The molecule has 1 unspecified atom stereocenters. The number of hydrogen-bond acceptors (Lipinski definition) is 7. The van der Waals surface area contributed by atoms with Gasteiger partial charge in [0.2, 0.25) is 11.8 Å². The molecule has 10 nitrogen and oxygen atoms in total. The lowest BCUT2D eigenvalue weighted by molar-refractivity contribution is -0.385. The standard InChI is InChI=1S/C18H28N4O6/c1-4-17(24)21-13-5-6-16(15(9-13)22(26)27)28-11-14(23)10-19-7-8-20-18(25)12(2)3/h5-6,9,12,14,19,23H,4,7-8,10-11H2,1-3H3,(H,20,25)(H,21,24). The maximum absolute atomic E-state index is 11.4. The summed E-state index contributed by atoms with van der Waals surface area (Å²) in [4.78, 5) is 33.4. The summed E-state index contributed by atoms with van der Waals surface area (Å²) in [7, 11) is 0. The Kier molecular flexibility index (Phi) is 9.89. The largest absolute Gasteiger partial charge is 0.484 e. The van der Waals surface area contributed by atoms with E-state index in [4.69, 9.17) is 4.74 Å². The predicted molar refractivity (Wildman–Crippen MR) is 104 cm³/mol. The van der Waals surface area contributed by atoms with E-state index in [1.54, 1.807) is 20.8 Å². The maximum Gasteiger partial charge on any atom is 0.312 e. The zero-order valence-electron chi connectivity index (χ0n) is 16.4. The van der Waals surface area contributed by atoms with E-state index in [1.165, 1.54) is 18.2 Å². The third kappa shape index (κ3) is 8.31. The minimum Gasteiger partial charge on any atom is -0.484 e. The Balaban J connectivity index is 2.47. The fraction of sp³-hybridized carbons (Fsp3) is 0.556. The first-order chi connectivity index (χ1) is 13.2. The normalized spacial score (nSPS) is 11.8. The lowest BCUT2D eigenvalue weighted by Gasteiger charge is -2.14. The fourth-order valence-corrected chi connectivity index (χ4v) is 2.10. The Bertz CT molecular complexity index is 680. The monoisotopic (exact) mass is 396 g/mol. The third-order valence-corrected chi connectivity index (χ3v) is 3.70. The molecule has 0 saturated carbocycles. The van der Waals surface area contributed by atoms with Crippen LogP contribution in [-0.2, 0) is 9.59 Å². The van der Waals surface area contributed by atoms with Crippen molar-refractivity contribution < 1.29 is 24.4 Å². The molecule has 0 spiro atoms. The van der Waals surface area contributed by atoms with Crippen LogP contribution in [0.2, 0.25) is 0 Å². The molecular weight excluding hydrogens is 368 g/mol. The zero-order valence-corrected chi connectivity index (χ0v) is 16.4. The number of nitrogens with zero attached hydrogens (tertiary/aromatic N) is 1. The molecule has 1 aromatic rings. The topological polar surface area (TPSA) is 143 Å². The van der Waals surface area contributed by atoms with E-state index >= 15 is 0 Å². The minimum atomic E-state index is -0.889. The van der Waals surface area contributed by atoms with Crippen LogP contribution in [0.1, 0.15) is 27.2 Å². The summed E-state index contributed by atoms with van der Waals surface area (Å²) in [5, 5.41) is 29.4. The number of nitrogens with one attached hydrogen (secondary N) is 3. The van der Waals surface area contributed by atoms with Crippen molar-refractivity contribution in [1.29, 1.82) is 0 Å². The van der Waals surface area contributed by atoms with Crippen LogP contribution in [0.3, 0.4) is 0 Å². The highest BCUT2D eigenvalue weighted by Gasteiger charge is 2.18. The van der Waals surface area contributed by atoms with Crippen LogP contribution in [0.15, 0.2) is 18.2 Å². The molecule has 28 heavy (non-hydrogen) atoms. The smallest absolute Gasteiger partial charge is 0.312 e. The van der Waals surface area contributed by atoms with Crippen LogP contribution in [0.5, 0.6) is 5.75 Å². The molecule has 0 heterocycles. The molecular formula is C18H28N4O6. The number of amides is 2. The van der Waals surface area contributed by atoms with Gasteiger partial charge in [0.25, 0.3) is 0 Å². The van der Waals surface area contributed by atoms with E-state index in [1.807, 2.05) is 0 Å². The average Bonchev–Trinajstić information content (AvgIpc) is 2.65. The molecule has 0 aliphatic heterocycles. The molecule has 0 aromatic heterocycles. The number of rotatable bonds is 12. The summed E-state index contributed by atoms with van der Waals surface area (Å²) in [5.41, 5.74) is 0.00187. The van der Waals surface area contributed by atoms with Gasteiger partial charge in [-0.05, 0) is 12.1 Å². The highest BCUT2D eigenvalue weighted by Crippen LogP contribution is 2.30. The molecule has 0 saturated heterocycles. The minimum absolute atomic E-state index is 0.00254. The van der Waals surface area contributed by atoms with Gasteiger partial charge in [0.1, 0.15) is 12.7 Å². The van der Waals surface area contributed by atoms with Crippen LogP contribution in [0, 0.1) is 16.0 Å². The van der Waals surface area contributed by atoms with Crippen molar-refractivity contribution in [3.63, 3.8) is 0 Å².